The zero-order valence-electron chi connectivity index (χ0n) is 24.2. The first-order valence-electron chi connectivity index (χ1n) is 13.4. The van der Waals surface area contributed by atoms with E-state index in [4.69, 9.17) is 21.1 Å². The number of nitrogens with zero attached hydrogens (tertiary/aromatic N) is 1. The Morgan fingerprint density at radius 2 is 1.68 bits per heavy atom. The van der Waals surface area contributed by atoms with Crippen molar-refractivity contribution in [2.24, 2.45) is 0 Å². The Labute approximate surface area is 246 Å². The quantitative estimate of drug-likeness (QED) is 0.239. The van der Waals surface area contributed by atoms with E-state index in [0.717, 1.165) is 27.8 Å². The van der Waals surface area contributed by atoms with Crippen LogP contribution >= 0.6 is 11.6 Å². The van der Waals surface area contributed by atoms with Crippen LogP contribution in [0.1, 0.15) is 72.8 Å². The van der Waals surface area contributed by atoms with Crippen LogP contribution in [0.2, 0.25) is 5.02 Å². The fourth-order valence-corrected chi connectivity index (χ4v) is 5.06. The standard InChI is InChI=1S/C33H35ClN2O5/c1-32(2,3)41-31(39)35-19-24-11-8-7-10-21(24)14-15-22-12-9-13-27(34)25(22)20-36-28-18-23(29(37)40-6)16-17-26(28)33(4,5)30(36)38/h7-18H,19-20H2,1-6H3,(H,35,39)/b15-14+. The van der Waals surface area contributed by atoms with Crippen LogP contribution in [0.3, 0.4) is 0 Å². The molecule has 0 unspecified atom stereocenters. The summed E-state index contributed by atoms with van der Waals surface area (Å²) < 4.78 is 10.3. The third-order valence-electron chi connectivity index (χ3n) is 6.95. The van der Waals surface area contributed by atoms with Crippen LogP contribution < -0.4 is 10.2 Å². The average Bonchev–Trinajstić information content (AvgIpc) is 3.11. The molecule has 0 radical (unpaired) electrons. The molecule has 3 aromatic rings. The van der Waals surface area contributed by atoms with E-state index >= 15 is 0 Å². The summed E-state index contributed by atoms with van der Waals surface area (Å²) in [6.07, 6.45) is 3.42. The number of anilines is 1. The van der Waals surface area contributed by atoms with E-state index in [9.17, 15) is 14.4 Å². The van der Waals surface area contributed by atoms with Gasteiger partial charge in [0.1, 0.15) is 5.60 Å². The van der Waals surface area contributed by atoms with Crippen LogP contribution in [-0.4, -0.2) is 30.7 Å². The summed E-state index contributed by atoms with van der Waals surface area (Å²) in [5, 5.41) is 3.33. The van der Waals surface area contributed by atoms with Crippen LogP contribution in [-0.2, 0) is 32.8 Å². The molecule has 1 heterocycles. The Kier molecular flexibility index (Phi) is 8.59. The second-order valence-electron chi connectivity index (χ2n) is 11.4. The zero-order chi connectivity index (χ0) is 29.9. The summed E-state index contributed by atoms with van der Waals surface area (Å²) in [7, 11) is 1.33. The SMILES string of the molecule is COC(=O)c1ccc2c(c1)N(Cc1c(Cl)cccc1/C=C/c1ccccc1CNC(=O)OC(C)(C)C)C(=O)C2(C)C. The molecule has 0 atom stereocenters. The molecule has 214 valence electrons. The van der Waals surface area contributed by atoms with Gasteiger partial charge in [-0.15, -0.1) is 0 Å². The fraction of sp³-hybridized carbons (Fsp3) is 0.303. The number of nitrogens with one attached hydrogen (secondary N) is 1. The molecule has 0 saturated heterocycles. The molecule has 1 N–H and O–H groups in total. The van der Waals surface area contributed by atoms with Crippen LogP contribution in [0.15, 0.2) is 60.7 Å². The molecule has 2 amide bonds. The lowest BCUT2D eigenvalue weighted by Gasteiger charge is -2.22. The molecule has 7 nitrogen and oxygen atoms in total. The smallest absolute Gasteiger partial charge is 0.407 e. The minimum atomic E-state index is -0.763. The summed E-state index contributed by atoms with van der Waals surface area (Å²) in [4.78, 5) is 39.7. The first-order chi connectivity index (χ1) is 19.3. The summed E-state index contributed by atoms with van der Waals surface area (Å²) in [5.74, 6) is -0.547. The monoisotopic (exact) mass is 574 g/mol. The Hall–Kier alpha value is -4.10. The number of carbonyl (C=O) groups excluding carboxylic acids is 3. The van der Waals surface area contributed by atoms with Crippen LogP contribution in [0, 0.1) is 0 Å². The molecule has 8 heteroatoms. The predicted octanol–water partition coefficient (Wildman–Crippen LogP) is 7.15. The molecule has 1 aliphatic heterocycles. The van der Waals surface area contributed by atoms with E-state index in [-0.39, 0.29) is 12.5 Å². The van der Waals surface area contributed by atoms with Gasteiger partial charge in [-0.3, -0.25) is 4.79 Å². The molecule has 1 aliphatic rings. The second kappa shape index (κ2) is 11.8. The lowest BCUT2D eigenvalue weighted by molar-refractivity contribution is -0.122. The van der Waals surface area contributed by atoms with Crippen molar-refractivity contribution in [1.82, 2.24) is 5.32 Å². The molecule has 0 saturated carbocycles. The van der Waals surface area contributed by atoms with Crippen molar-refractivity contribution in [1.29, 1.82) is 0 Å². The zero-order valence-corrected chi connectivity index (χ0v) is 25.0. The lowest BCUT2D eigenvalue weighted by atomic mass is 9.86. The number of hydrogen-bond donors (Lipinski definition) is 1. The van der Waals surface area contributed by atoms with E-state index in [1.807, 2.05) is 89.2 Å². The molecule has 0 fully saturated rings. The highest BCUT2D eigenvalue weighted by Crippen LogP contribution is 2.43. The Balaban J connectivity index is 1.63. The summed E-state index contributed by atoms with van der Waals surface area (Å²) in [6.45, 7) is 9.73. The van der Waals surface area contributed by atoms with E-state index in [2.05, 4.69) is 5.32 Å². The number of fused-ring (bicyclic) bond motifs is 1. The first kappa shape index (κ1) is 29.9. The van der Waals surface area contributed by atoms with Gasteiger partial charge in [-0.1, -0.05) is 66.2 Å². The van der Waals surface area contributed by atoms with Gasteiger partial charge in [0.05, 0.1) is 24.6 Å². The minimum Gasteiger partial charge on any atom is -0.465 e. The Morgan fingerprint density at radius 1 is 1.00 bits per heavy atom. The van der Waals surface area contributed by atoms with Gasteiger partial charge >= 0.3 is 12.1 Å². The van der Waals surface area contributed by atoms with Gasteiger partial charge in [-0.2, -0.15) is 0 Å². The minimum absolute atomic E-state index is 0.0806. The Morgan fingerprint density at radius 3 is 2.39 bits per heavy atom. The van der Waals surface area contributed by atoms with Crippen molar-refractivity contribution in [3.05, 3.63) is 99.1 Å². The molecule has 3 aromatic carbocycles. The Bertz CT molecular complexity index is 1520. The largest absolute Gasteiger partial charge is 0.465 e. The van der Waals surface area contributed by atoms with Gasteiger partial charge in [-0.05, 0) is 80.6 Å². The lowest BCUT2D eigenvalue weighted by Crippen LogP contribution is -2.36. The topological polar surface area (TPSA) is 84.9 Å². The normalized spacial score (nSPS) is 14.2. The van der Waals surface area contributed by atoms with Crippen molar-refractivity contribution in [3.63, 3.8) is 0 Å². The average molecular weight is 575 g/mol. The van der Waals surface area contributed by atoms with Crippen molar-refractivity contribution in [2.75, 3.05) is 12.0 Å². The van der Waals surface area contributed by atoms with E-state index < -0.39 is 23.1 Å². The highest BCUT2D eigenvalue weighted by molar-refractivity contribution is 6.31. The van der Waals surface area contributed by atoms with E-state index in [1.54, 1.807) is 23.1 Å². The van der Waals surface area contributed by atoms with Crippen molar-refractivity contribution in [2.45, 2.75) is 58.7 Å². The second-order valence-corrected chi connectivity index (χ2v) is 11.8. The van der Waals surface area contributed by atoms with Crippen LogP contribution in [0.5, 0.6) is 0 Å². The molecule has 4 rings (SSSR count). The van der Waals surface area contributed by atoms with Crippen molar-refractivity contribution in [3.8, 4) is 0 Å². The highest BCUT2D eigenvalue weighted by atomic mass is 35.5. The third-order valence-corrected chi connectivity index (χ3v) is 7.31. The number of hydrogen-bond acceptors (Lipinski definition) is 5. The molecule has 0 bridgehead atoms. The number of methoxy groups -OCH3 is 1. The molecule has 0 aliphatic carbocycles. The number of carbonyl (C=O) groups is 3. The molecule has 0 aromatic heterocycles. The van der Waals surface area contributed by atoms with Gasteiger partial charge in [0.15, 0.2) is 0 Å². The number of benzene rings is 3. The van der Waals surface area contributed by atoms with Crippen molar-refractivity contribution < 1.29 is 23.9 Å². The van der Waals surface area contributed by atoms with Gasteiger partial charge in [0, 0.05) is 17.3 Å². The maximum atomic E-state index is 13.6. The highest BCUT2D eigenvalue weighted by Gasteiger charge is 2.44. The summed E-state index contributed by atoms with van der Waals surface area (Å²) in [6, 6.07) is 18.5. The van der Waals surface area contributed by atoms with Gasteiger partial charge < -0.3 is 19.7 Å². The number of halogens is 1. The van der Waals surface area contributed by atoms with E-state index in [0.29, 0.717) is 22.8 Å². The van der Waals surface area contributed by atoms with Crippen molar-refractivity contribution >= 4 is 47.4 Å². The van der Waals surface area contributed by atoms with Gasteiger partial charge in [0.25, 0.3) is 0 Å². The number of alkyl carbamates (subject to hydrolysis) is 1. The number of ether oxygens (including phenoxy) is 2. The number of esters is 1. The fourth-order valence-electron chi connectivity index (χ4n) is 4.82. The van der Waals surface area contributed by atoms with Gasteiger partial charge in [0.2, 0.25) is 5.91 Å². The molecular weight excluding hydrogens is 540 g/mol. The molecular formula is C33H35ClN2O5. The van der Waals surface area contributed by atoms with Gasteiger partial charge in [-0.25, -0.2) is 9.59 Å². The van der Waals surface area contributed by atoms with E-state index in [1.165, 1.54) is 7.11 Å². The van der Waals surface area contributed by atoms with Crippen LogP contribution in [0.25, 0.3) is 12.2 Å². The summed E-state index contributed by atoms with van der Waals surface area (Å²) >= 11 is 6.70. The number of amides is 2. The third kappa shape index (κ3) is 6.63. The molecule has 0 spiro atoms. The summed E-state index contributed by atoms with van der Waals surface area (Å²) in [5.41, 5.74) is 3.98. The maximum absolute atomic E-state index is 13.6. The molecule has 41 heavy (non-hydrogen) atoms. The number of rotatable bonds is 7. The predicted molar refractivity (Wildman–Crippen MR) is 162 cm³/mol. The first-order valence-corrected chi connectivity index (χ1v) is 13.7. The van der Waals surface area contributed by atoms with Crippen LogP contribution in [0.4, 0.5) is 10.5 Å². The maximum Gasteiger partial charge on any atom is 0.407 e.